The fourth-order valence-electron chi connectivity index (χ4n) is 5.20. The minimum Gasteiger partial charge on any atom is -0.475 e. The molecule has 0 aliphatic carbocycles. The van der Waals surface area contributed by atoms with Crippen LogP contribution in [-0.4, -0.2) is 51.4 Å². The highest BCUT2D eigenvalue weighted by Crippen LogP contribution is 2.30. The summed E-state index contributed by atoms with van der Waals surface area (Å²) in [5, 5.41) is 21.4. The molecular formula is C31H31ClF3N7O4. The zero-order valence-corrected chi connectivity index (χ0v) is 25.5. The molecular weight excluding hydrogens is 627 g/mol. The van der Waals surface area contributed by atoms with Gasteiger partial charge in [0, 0.05) is 42.6 Å². The number of benzene rings is 2. The Morgan fingerprint density at radius 1 is 1.09 bits per heavy atom. The molecule has 11 nitrogen and oxygen atoms in total. The number of alkyl halides is 3. The summed E-state index contributed by atoms with van der Waals surface area (Å²) in [7, 11) is 0. The smallest absolute Gasteiger partial charge is 0.475 e. The lowest BCUT2D eigenvalue weighted by molar-refractivity contribution is -0.192. The Morgan fingerprint density at radius 2 is 1.83 bits per heavy atom. The van der Waals surface area contributed by atoms with Gasteiger partial charge in [-0.25, -0.2) is 9.78 Å². The summed E-state index contributed by atoms with van der Waals surface area (Å²) in [4.78, 5) is 33.1. The number of aryl methyl sites for hydroxylation is 3. The van der Waals surface area contributed by atoms with Crippen molar-refractivity contribution < 1.29 is 32.4 Å². The maximum absolute atomic E-state index is 13.1. The molecule has 1 amide bonds. The molecule has 1 saturated heterocycles. The Balaban J connectivity index is 0.000000537. The number of fused-ring (bicyclic) bond motifs is 6. The highest BCUT2D eigenvalue weighted by atomic mass is 35.5. The molecule has 6 rings (SSSR count). The SMILES string of the molecule is Cc1cc(N2CCC(CC(=O)Nc3ccc4cc3CCc3cccc(c3)Nc3ncc(Cl)c(n3)N4)CC2)no1.O=C(O)C(F)(F)F. The van der Waals surface area contributed by atoms with E-state index in [2.05, 4.69) is 54.2 Å². The van der Waals surface area contributed by atoms with E-state index in [0.29, 0.717) is 29.1 Å². The summed E-state index contributed by atoms with van der Waals surface area (Å²) in [6.07, 6.45) is 0.470. The van der Waals surface area contributed by atoms with Crippen molar-refractivity contribution in [2.45, 2.75) is 45.2 Å². The Hall–Kier alpha value is -4.85. The van der Waals surface area contributed by atoms with Crippen LogP contribution >= 0.6 is 11.6 Å². The molecule has 0 atom stereocenters. The molecule has 2 aromatic carbocycles. The Kier molecular flexibility index (Phi) is 9.95. The summed E-state index contributed by atoms with van der Waals surface area (Å²) >= 11 is 6.39. The van der Waals surface area contributed by atoms with E-state index in [1.807, 2.05) is 37.3 Å². The van der Waals surface area contributed by atoms with Gasteiger partial charge in [0.05, 0.1) is 6.20 Å². The second-order valence-corrected chi connectivity index (χ2v) is 11.4. The number of hydrogen-bond acceptors (Lipinski definition) is 9. The van der Waals surface area contributed by atoms with Crippen molar-refractivity contribution in [1.82, 2.24) is 15.1 Å². The number of aromatic nitrogens is 3. The molecule has 0 saturated carbocycles. The van der Waals surface area contributed by atoms with E-state index in [1.54, 1.807) is 6.20 Å². The number of halogens is 4. The number of carboxylic acid groups (broad SMARTS) is 1. The fourth-order valence-corrected chi connectivity index (χ4v) is 5.33. The summed E-state index contributed by atoms with van der Waals surface area (Å²) in [5.41, 5.74) is 4.81. The number of amides is 1. The lowest BCUT2D eigenvalue weighted by Crippen LogP contribution is -2.35. The molecule has 46 heavy (non-hydrogen) atoms. The van der Waals surface area contributed by atoms with Crippen LogP contribution in [0.4, 0.5) is 47.8 Å². The van der Waals surface area contributed by atoms with Crippen molar-refractivity contribution >= 4 is 58.1 Å². The second-order valence-electron chi connectivity index (χ2n) is 11.0. The maximum atomic E-state index is 13.1. The lowest BCUT2D eigenvalue weighted by atomic mass is 9.93. The van der Waals surface area contributed by atoms with Gasteiger partial charge in [-0.1, -0.05) is 28.9 Å². The van der Waals surface area contributed by atoms with E-state index in [0.717, 1.165) is 73.0 Å². The normalized spacial score (nSPS) is 14.7. The van der Waals surface area contributed by atoms with E-state index < -0.39 is 12.1 Å². The molecule has 2 aliphatic rings. The van der Waals surface area contributed by atoms with Gasteiger partial charge < -0.3 is 30.5 Å². The van der Waals surface area contributed by atoms with Gasteiger partial charge in [0.15, 0.2) is 11.6 Å². The number of carbonyl (C=O) groups is 2. The summed E-state index contributed by atoms with van der Waals surface area (Å²) in [6, 6.07) is 16.1. The average molecular weight is 658 g/mol. The monoisotopic (exact) mass is 657 g/mol. The quantitative estimate of drug-likeness (QED) is 0.183. The van der Waals surface area contributed by atoms with Crippen molar-refractivity contribution in [1.29, 1.82) is 0 Å². The van der Waals surface area contributed by atoms with Gasteiger partial charge >= 0.3 is 12.1 Å². The van der Waals surface area contributed by atoms with Gasteiger partial charge in [-0.2, -0.15) is 18.2 Å². The minimum atomic E-state index is -5.08. The lowest BCUT2D eigenvalue weighted by Gasteiger charge is -2.31. The Labute approximate surface area is 267 Å². The van der Waals surface area contributed by atoms with Crippen molar-refractivity contribution in [3.05, 3.63) is 76.6 Å². The standard InChI is InChI=1S/C29H30ClN7O2.C2HF3O2/c1-18-13-26(36-39-18)37-11-9-20(10-12-37)15-27(38)34-25-8-7-23-16-21(25)6-5-19-3-2-4-22(14-19)33-29-31-17-24(30)28(32-23)35-29;3-2(4,5)1(6)7/h2-4,7-8,13-14,16-17,20H,5-6,9-12,15H2,1H3,(H,34,38)(H2,31,32,33,35);(H,6,7). The topological polar surface area (TPSA) is 146 Å². The first-order chi connectivity index (χ1) is 21.9. The number of carboxylic acids is 1. The molecule has 4 heterocycles. The first-order valence-corrected chi connectivity index (χ1v) is 14.9. The predicted octanol–water partition coefficient (Wildman–Crippen LogP) is 6.89. The Bertz CT molecular complexity index is 1710. The number of nitrogens with one attached hydrogen (secondary N) is 3. The van der Waals surface area contributed by atoms with Crippen LogP contribution < -0.4 is 20.9 Å². The van der Waals surface area contributed by atoms with Crippen LogP contribution in [0.15, 0.2) is 59.3 Å². The molecule has 4 aromatic rings. The molecule has 4 N–H and O–H groups in total. The van der Waals surface area contributed by atoms with Gasteiger partial charge in [0.25, 0.3) is 0 Å². The summed E-state index contributed by atoms with van der Waals surface area (Å²) in [6.45, 7) is 3.64. The van der Waals surface area contributed by atoms with E-state index in [1.165, 1.54) is 5.56 Å². The van der Waals surface area contributed by atoms with Crippen LogP contribution in [0.5, 0.6) is 0 Å². The van der Waals surface area contributed by atoms with Crippen LogP contribution in [0.2, 0.25) is 5.02 Å². The zero-order valence-electron chi connectivity index (χ0n) is 24.7. The molecule has 6 bridgehead atoms. The number of rotatable bonds is 4. The molecule has 242 valence electrons. The van der Waals surface area contributed by atoms with E-state index in [-0.39, 0.29) is 5.91 Å². The number of piperidine rings is 1. The third-order valence-electron chi connectivity index (χ3n) is 7.52. The van der Waals surface area contributed by atoms with Crippen LogP contribution in [0.1, 0.15) is 36.1 Å². The molecule has 2 aromatic heterocycles. The number of aliphatic carboxylic acids is 1. The summed E-state index contributed by atoms with van der Waals surface area (Å²) in [5.74, 6) is 0.289. The Morgan fingerprint density at radius 3 is 2.52 bits per heavy atom. The van der Waals surface area contributed by atoms with E-state index >= 15 is 0 Å². The highest BCUT2D eigenvalue weighted by Gasteiger charge is 2.38. The van der Waals surface area contributed by atoms with E-state index in [4.69, 9.17) is 26.0 Å². The highest BCUT2D eigenvalue weighted by molar-refractivity contribution is 6.32. The first-order valence-electron chi connectivity index (χ1n) is 14.5. The van der Waals surface area contributed by atoms with Crippen molar-refractivity contribution in [3.8, 4) is 0 Å². The summed E-state index contributed by atoms with van der Waals surface area (Å²) < 4.78 is 37.0. The van der Waals surface area contributed by atoms with E-state index in [9.17, 15) is 18.0 Å². The van der Waals surface area contributed by atoms with Crippen LogP contribution in [0.25, 0.3) is 0 Å². The third kappa shape index (κ3) is 8.65. The average Bonchev–Trinajstić information content (AvgIpc) is 3.45. The van der Waals surface area contributed by atoms with Gasteiger partial charge in [0.2, 0.25) is 11.9 Å². The molecule has 15 heteroatoms. The van der Waals surface area contributed by atoms with Gasteiger partial charge in [-0.15, -0.1) is 0 Å². The van der Waals surface area contributed by atoms with Crippen molar-refractivity contribution in [3.63, 3.8) is 0 Å². The van der Waals surface area contributed by atoms with Crippen molar-refractivity contribution in [2.24, 2.45) is 5.92 Å². The van der Waals surface area contributed by atoms with Crippen molar-refractivity contribution in [2.75, 3.05) is 33.9 Å². The second kappa shape index (κ2) is 14.1. The number of anilines is 6. The molecule has 0 unspecified atom stereocenters. The zero-order chi connectivity index (χ0) is 32.8. The largest absolute Gasteiger partial charge is 0.490 e. The minimum absolute atomic E-state index is 0.0419. The fraction of sp³-hybridized carbons (Fsp3) is 0.323. The maximum Gasteiger partial charge on any atom is 0.490 e. The van der Waals surface area contributed by atoms with Crippen LogP contribution in [-0.2, 0) is 22.4 Å². The molecule has 1 fully saturated rings. The molecule has 0 radical (unpaired) electrons. The van der Waals surface area contributed by atoms with Crippen LogP contribution in [0, 0.1) is 12.8 Å². The van der Waals surface area contributed by atoms with Gasteiger partial charge in [-0.05, 0) is 80.0 Å². The van der Waals surface area contributed by atoms with Gasteiger partial charge in [-0.3, -0.25) is 4.79 Å². The first kappa shape index (κ1) is 32.5. The third-order valence-corrected chi connectivity index (χ3v) is 7.80. The van der Waals surface area contributed by atoms with Crippen LogP contribution in [0.3, 0.4) is 0 Å². The van der Waals surface area contributed by atoms with Gasteiger partial charge in [0.1, 0.15) is 10.8 Å². The molecule has 2 aliphatic heterocycles. The molecule has 0 spiro atoms. The number of carbonyl (C=O) groups excluding carboxylic acids is 1. The number of hydrogen-bond donors (Lipinski definition) is 4. The predicted molar refractivity (Wildman–Crippen MR) is 167 cm³/mol. The number of nitrogens with zero attached hydrogens (tertiary/aromatic N) is 4.